The number of carbonyl (C=O) groups is 1. The number of ether oxygens (including phenoxy) is 1. The molecule has 0 spiro atoms. The van der Waals surface area contributed by atoms with E-state index >= 15 is 0 Å². The first kappa shape index (κ1) is 18.4. The first-order valence-corrected chi connectivity index (χ1v) is 9.56. The number of piperidine rings is 1. The average Bonchev–Trinajstić information content (AvgIpc) is 3.20. The van der Waals surface area contributed by atoms with Gasteiger partial charge in [-0.1, -0.05) is 12.1 Å². The Hall–Kier alpha value is -2.37. The van der Waals surface area contributed by atoms with Crippen molar-refractivity contribution in [3.05, 3.63) is 42.5 Å². The lowest BCUT2D eigenvalue weighted by molar-refractivity contribution is -0.132. The van der Waals surface area contributed by atoms with Crippen LogP contribution in [-0.2, 0) is 17.8 Å². The molecule has 2 aromatic rings. The van der Waals surface area contributed by atoms with Crippen molar-refractivity contribution in [1.29, 1.82) is 0 Å². The summed E-state index contributed by atoms with van der Waals surface area (Å²) >= 11 is 0. The number of nitrogens with zero attached hydrogens (tertiary/aromatic N) is 4. The number of amides is 1. The molecule has 140 valence electrons. The number of carbonyl (C=O) groups excluding carboxylic acids is 1. The highest BCUT2D eigenvalue weighted by Crippen LogP contribution is 2.23. The van der Waals surface area contributed by atoms with Crippen LogP contribution in [0.3, 0.4) is 0 Å². The molecule has 0 saturated carbocycles. The van der Waals surface area contributed by atoms with Gasteiger partial charge in [0.1, 0.15) is 18.4 Å². The zero-order valence-electron chi connectivity index (χ0n) is 15.5. The van der Waals surface area contributed by atoms with Gasteiger partial charge >= 0.3 is 0 Å². The van der Waals surface area contributed by atoms with Crippen molar-refractivity contribution >= 4 is 5.91 Å². The van der Waals surface area contributed by atoms with E-state index in [0.717, 1.165) is 38.1 Å². The number of rotatable bonds is 8. The van der Waals surface area contributed by atoms with Gasteiger partial charge < -0.3 is 9.64 Å². The van der Waals surface area contributed by atoms with Crippen LogP contribution in [0.1, 0.15) is 38.2 Å². The molecule has 1 aliphatic heterocycles. The fraction of sp³-hybridized carbons (Fsp3) is 0.550. The maximum atomic E-state index is 12.3. The Morgan fingerprint density at radius 3 is 2.65 bits per heavy atom. The molecule has 0 bridgehead atoms. The third-order valence-corrected chi connectivity index (χ3v) is 5.06. The third kappa shape index (κ3) is 5.31. The number of hydrogen-bond donors (Lipinski definition) is 0. The molecular weight excluding hydrogens is 328 g/mol. The van der Waals surface area contributed by atoms with Gasteiger partial charge in [-0.05, 0) is 56.2 Å². The predicted molar refractivity (Wildman–Crippen MR) is 99.9 cm³/mol. The maximum absolute atomic E-state index is 12.3. The molecule has 0 atom stereocenters. The van der Waals surface area contributed by atoms with E-state index in [1.165, 1.54) is 18.3 Å². The molecule has 1 amide bonds. The highest BCUT2D eigenvalue weighted by Gasteiger charge is 2.22. The quantitative estimate of drug-likeness (QED) is 0.730. The molecule has 0 unspecified atom stereocenters. The minimum Gasteiger partial charge on any atom is -0.494 e. The summed E-state index contributed by atoms with van der Waals surface area (Å²) in [5.74, 6) is 1.88. The molecule has 1 aromatic heterocycles. The summed E-state index contributed by atoms with van der Waals surface area (Å²) < 4.78 is 7.20. The van der Waals surface area contributed by atoms with Gasteiger partial charge in [-0.15, -0.1) is 0 Å². The Morgan fingerprint density at radius 1 is 1.23 bits per heavy atom. The van der Waals surface area contributed by atoms with Crippen LogP contribution in [0.4, 0.5) is 0 Å². The number of hydrogen-bond acceptors (Lipinski definition) is 4. The molecule has 0 radical (unpaired) electrons. The molecular formula is C20H28N4O2. The normalized spacial score (nSPS) is 15.2. The fourth-order valence-electron chi connectivity index (χ4n) is 3.48. The SMILES string of the molecule is CCOc1ccc(CCC2CCN(C(=O)CCn3cncn3)CC2)cc1. The minimum atomic E-state index is 0.227. The van der Waals surface area contributed by atoms with E-state index in [0.29, 0.717) is 25.5 Å². The van der Waals surface area contributed by atoms with E-state index in [1.54, 1.807) is 11.0 Å². The summed E-state index contributed by atoms with van der Waals surface area (Å²) in [7, 11) is 0. The number of aromatic nitrogens is 3. The topological polar surface area (TPSA) is 60.2 Å². The molecule has 1 aromatic carbocycles. The van der Waals surface area contributed by atoms with Gasteiger partial charge in [0, 0.05) is 19.5 Å². The molecule has 1 aliphatic rings. The van der Waals surface area contributed by atoms with E-state index in [2.05, 4.69) is 34.3 Å². The standard InChI is InChI=1S/C20H28N4O2/c1-2-26-19-7-5-17(6-8-19)3-4-18-9-12-23(13-10-18)20(25)11-14-24-16-21-15-22-24/h5-8,15-16,18H,2-4,9-14H2,1H3. The van der Waals surface area contributed by atoms with Crippen LogP contribution in [0.15, 0.2) is 36.9 Å². The second-order valence-electron chi connectivity index (χ2n) is 6.85. The van der Waals surface area contributed by atoms with E-state index in [1.807, 2.05) is 11.8 Å². The largest absolute Gasteiger partial charge is 0.494 e. The highest BCUT2D eigenvalue weighted by atomic mass is 16.5. The summed E-state index contributed by atoms with van der Waals surface area (Å²) in [6.45, 7) is 5.07. The smallest absolute Gasteiger partial charge is 0.224 e. The second-order valence-corrected chi connectivity index (χ2v) is 6.85. The molecule has 6 nitrogen and oxygen atoms in total. The zero-order chi connectivity index (χ0) is 18.2. The zero-order valence-corrected chi connectivity index (χ0v) is 15.5. The fourth-order valence-corrected chi connectivity index (χ4v) is 3.48. The highest BCUT2D eigenvalue weighted by molar-refractivity contribution is 5.76. The summed E-state index contributed by atoms with van der Waals surface area (Å²) in [4.78, 5) is 18.2. The number of likely N-dealkylation sites (tertiary alicyclic amines) is 1. The van der Waals surface area contributed by atoms with E-state index < -0.39 is 0 Å². The van der Waals surface area contributed by atoms with Gasteiger partial charge in [0.15, 0.2) is 0 Å². The molecule has 26 heavy (non-hydrogen) atoms. The van der Waals surface area contributed by atoms with Crippen molar-refractivity contribution in [3.8, 4) is 5.75 Å². The van der Waals surface area contributed by atoms with Crippen LogP contribution in [-0.4, -0.2) is 45.3 Å². The monoisotopic (exact) mass is 356 g/mol. The van der Waals surface area contributed by atoms with Crippen molar-refractivity contribution in [3.63, 3.8) is 0 Å². The van der Waals surface area contributed by atoms with Crippen molar-refractivity contribution in [1.82, 2.24) is 19.7 Å². The van der Waals surface area contributed by atoms with Crippen LogP contribution >= 0.6 is 0 Å². The average molecular weight is 356 g/mol. The maximum Gasteiger partial charge on any atom is 0.224 e. The Balaban J connectivity index is 1.36. The Morgan fingerprint density at radius 2 is 2.00 bits per heavy atom. The number of aryl methyl sites for hydroxylation is 2. The summed E-state index contributed by atoms with van der Waals surface area (Å²) in [5.41, 5.74) is 1.36. The molecule has 1 fully saturated rings. The van der Waals surface area contributed by atoms with E-state index in [4.69, 9.17) is 4.74 Å². The van der Waals surface area contributed by atoms with Crippen molar-refractivity contribution in [2.75, 3.05) is 19.7 Å². The minimum absolute atomic E-state index is 0.227. The Labute approximate surface area is 155 Å². The molecule has 1 saturated heterocycles. The lowest BCUT2D eigenvalue weighted by Gasteiger charge is -2.32. The third-order valence-electron chi connectivity index (χ3n) is 5.06. The van der Waals surface area contributed by atoms with Crippen LogP contribution in [0.25, 0.3) is 0 Å². The van der Waals surface area contributed by atoms with Crippen LogP contribution in [0.5, 0.6) is 5.75 Å². The van der Waals surface area contributed by atoms with E-state index in [9.17, 15) is 4.79 Å². The Bertz CT molecular complexity index is 662. The van der Waals surface area contributed by atoms with Crippen LogP contribution < -0.4 is 4.74 Å². The van der Waals surface area contributed by atoms with Crippen LogP contribution in [0, 0.1) is 5.92 Å². The van der Waals surface area contributed by atoms with Crippen molar-refractivity contribution < 1.29 is 9.53 Å². The van der Waals surface area contributed by atoms with Crippen molar-refractivity contribution in [2.24, 2.45) is 5.92 Å². The van der Waals surface area contributed by atoms with Gasteiger partial charge in [0.25, 0.3) is 0 Å². The van der Waals surface area contributed by atoms with Gasteiger partial charge in [0.2, 0.25) is 5.91 Å². The molecule has 6 heteroatoms. The van der Waals surface area contributed by atoms with Gasteiger partial charge in [-0.2, -0.15) is 5.10 Å². The van der Waals surface area contributed by atoms with Gasteiger partial charge in [0.05, 0.1) is 13.2 Å². The van der Waals surface area contributed by atoms with E-state index in [-0.39, 0.29) is 5.91 Å². The molecule has 0 aliphatic carbocycles. The predicted octanol–water partition coefficient (Wildman–Crippen LogP) is 2.94. The van der Waals surface area contributed by atoms with Gasteiger partial charge in [-0.3, -0.25) is 9.48 Å². The van der Waals surface area contributed by atoms with Crippen molar-refractivity contribution in [2.45, 2.75) is 45.6 Å². The molecule has 2 heterocycles. The summed E-state index contributed by atoms with van der Waals surface area (Å²) in [6.07, 6.45) is 8.14. The summed E-state index contributed by atoms with van der Waals surface area (Å²) in [5, 5.41) is 4.04. The first-order chi connectivity index (χ1) is 12.7. The lowest BCUT2D eigenvalue weighted by Crippen LogP contribution is -2.38. The van der Waals surface area contributed by atoms with Crippen LogP contribution in [0.2, 0.25) is 0 Å². The summed E-state index contributed by atoms with van der Waals surface area (Å²) in [6, 6.07) is 8.42. The first-order valence-electron chi connectivity index (χ1n) is 9.56. The molecule has 3 rings (SSSR count). The van der Waals surface area contributed by atoms with Gasteiger partial charge in [-0.25, -0.2) is 4.98 Å². The second kappa shape index (κ2) is 9.36. The number of benzene rings is 1. The lowest BCUT2D eigenvalue weighted by atomic mass is 9.90. The Kier molecular flexibility index (Phi) is 6.63. The molecule has 0 N–H and O–H groups in total.